The second-order valence-corrected chi connectivity index (χ2v) is 19.8. The molecule has 0 radical (unpaired) electrons. The maximum atomic E-state index is 11.7. The number of hydrogen-bond acceptors (Lipinski definition) is 22. The fourth-order valence-corrected chi connectivity index (χ4v) is 8.41. The van der Waals surface area contributed by atoms with Crippen molar-refractivity contribution in [1.29, 1.82) is 0 Å². The van der Waals surface area contributed by atoms with Crippen molar-refractivity contribution >= 4 is 110 Å². The number of nitro benzene ring substituents is 3. The number of thiocarbonyl (C=S) groups is 1. The average Bonchev–Trinajstić information content (AvgIpc) is 4.26. The van der Waals surface area contributed by atoms with Gasteiger partial charge >= 0.3 is 24.0 Å². The number of amides is 2. The third-order valence-corrected chi connectivity index (χ3v) is 12.6. The molecule has 5 aromatic carbocycles. The van der Waals surface area contributed by atoms with E-state index < -0.39 is 44.3 Å². The van der Waals surface area contributed by atoms with Crippen LogP contribution in [0.1, 0.15) is 82.0 Å². The molecule has 8 aromatic rings. The number of primary amides is 1. The molecule has 0 aliphatic heterocycles. The number of carbonyl (C=O) groups excluding carboxylic acids is 4. The summed E-state index contributed by atoms with van der Waals surface area (Å²) in [5.74, 6) is -2.49. The number of hydrogen-bond donors (Lipinski definition) is 5. The van der Waals surface area contributed by atoms with E-state index in [-0.39, 0.29) is 45.0 Å². The van der Waals surface area contributed by atoms with Gasteiger partial charge in [0.25, 0.3) is 17.1 Å². The molecule has 0 atom stereocenters. The van der Waals surface area contributed by atoms with E-state index in [9.17, 15) is 54.3 Å². The standard InChI is InChI=1S/C15H16N2O4S.C12H10N2O4S.C12H12N2O2S.C7H6N2O3.C7H6N2O2S/c1-15(2,3)21-14(20)16-10-6-4-9(5-7-10)12-17-11(8-22-12)13(18)19;1-2-18-12(15)10-7-19-11(13-10)8-3-5-9(6-4-8)14(16)17;1-2-16-12(15)10-7-17-11(14-10)8-3-5-9(13)6-4-8;8-7(10)5-1-3-6(4-2-5)9(11)12;8-7(12)5-1-3-6(4-2-5)9(10)11/h4-8H,1-3H3,(H,16,20)(H,18,19);3-7H,2H2,1H3;3-7H,2,13H2,1H3;1-4H,(H2,8,10);1-4H,(H2,8,12). The van der Waals surface area contributed by atoms with Crippen LogP contribution in [0.3, 0.4) is 0 Å². The Labute approximate surface area is 483 Å². The summed E-state index contributed by atoms with van der Waals surface area (Å²) in [6.07, 6.45) is -0.525. The molecule has 0 spiro atoms. The van der Waals surface area contributed by atoms with Crippen LogP contribution in [0.25, 0.3) is 31.7 Å². The maximum Gasteiger partial charge on any atom is 0.412 e. The molecule has 2 amide bonds. The number of anilines is 2. The number of carboxylic acid groups (broad SMARTS) is 1. The maximum absolute atomic E-state index is 11.7. The first-order chi connectivity index (χ1) is 38.8. The fourth-order valence-electron chi connectivity index (χ4n) is 5.88. The lowest BCUT2D eigenvalue weighted by atomic mass is 10.2. The van der Waals surface area contributed by atoms with Crippen LogP contribution in [0.5, 0.6) is 0 Å². The minimum Gasteiger partial charge on any atom is -0.476 e. The zero-order valence-corrected chi connectivity index (χ0v) is 47.2. The first-order valence-electron chi connectivity index (χ1n) is 23.5. The number of nitrogen functional groups attached to an aromatic ring is 1. The van der Waals surface area contributed by atoms with Gasteiger partial charge in [-0.2, -0.15) is 0 Å². The number of aromatic nitrogens is 3. The van der Waals surface area contributed by atoms with Gasteiger partial charge in [0, 0.05) is 91.7 Å². The second kappa shape index (κ2) is 31.0. The Hall–Kier alpha value is -9.97. The number of nitrogens with one attached hydrogen (secondary N) is 1. The van der Waals surface area contributed by atoms with Gasteiger partial charge in [-0.25, -0.2) is 34.1 Å². The molecule has 3 heterocycles. The molecular weight excluding hydrogens is 1140 g/mol. The van der Waals surface area contributed by atoms with Crippen LogP contribution in [0.15, 0.2) is 137 Å². The highest BCUT2D eigenvalue weighted by Crippen LogP contribution is 2.28. The zero-order chi connectivity index (χ0) is 60.7. The summed E-state index contributed by atoms with van der Waals surface area (Å²) in [5.41, 5.74) is 20.6. The van der Waals surface area contributed by atoms with Crippen LogP contribution >= 0.6 is 46.2 Å². The Morgan fingerprint density at radius 1 is 0.573 bits per heavy atom. The number of rotatable bonds is 14. The van der Waals surface area contributed by atoms with Crippen molar-refractivity contribution in [1.82, 2.24) is 15.0 Å². The number of thiazole rings is 3. The average molecular weight is 1200 g/mol. The highest BCUT2D eigenvalue weighted by Gasteiger charge is 2.18. The van der Waals surface area contributed by atoms with Crippen LogP contribution in [0.4, 0.5) is 33.2 Å². The fraction of sp³-hybridized carbons (Fsp3) is 0.151. The van der Waals surface area contributed by atoms with Crippen LogP contribution in [-0.2, 0) is 14.2 Å². The van der Waals surface area contributed by atoms with Crippen LogP contribution in [0, 0.1) is 30.3 Å². The van der Waals surface area contributed by atoms with Crippen molar-refractivity contribution in [3.8, 4) is 31.7 Å². The van der Waals surface area contributed by atoms with E-state index in [1.165, 1.54) is 100 Å². The Kier molecular flexibility index (Phi) is 24.4. The normalized spacial score (nSPS) is 10.2. The van der Waals surface area contributed by atoms with E-state index in [1.54, 1.807) is 93.9 Å². The minimum absolute atomic E-state index is 0.0194. The monoisotopic (exact) mass is 1190 g/mol. The molecule has 3 aromatic heterocycles. The Morgan fingerprint density at radius 2 is 0.915 bits per heavy atom. The molecule has 0 unspecified atom stereocenters. The zero-order valence-electron chi connectivity index (χ0n) is 43.9. The van der Waals surface area contributed by atoms with Crippen molar-refractivity contribution < 1.29 is 58.1 Å². The number of nitrogens with two attached hydrogens (primary N) is 3. The van der Waals surface area contributed by atoms with Crippen LogP contribution < -0.4 is 22.5 Å². The Bertz CT molecular complexity index is 3380. The van der Waals surface area contributed by atoms with Gasteiger partial charge in [0.2, 0.25) is 5.91 Å². The molecule has 0 aliphatic rings. The first kappa shape index (κ1) is 64.6. The molecule has 8 rings (SSSR count). The Balaban J connectivity index is 0.000000224. The summed E-state index contributed by atoms with van der Waals surface area (Å²) in [7, 11) is 0. The predicted octanol–water partition coefficient (Wildman–Crippen LogP) is 11.2. The number of nitrogens with zero attached hydrogens (tertiary/aromatic N) is 6. The topological polar surface area (TPSA) is 391 Å². The third kappa shape index (κ3) is 21.0. The Morgan fingerprint density at radius 3 is 1.24 bits per heavy atom. The molecule has 426 valence electrons. The van der Waals surface area contributed by atoms with Crippen LogP contribution in [0.2, 0.25) is 0 Å². The van der Waals surface area contributed by atoms with E-state index in [2.05, 4.69) is 32.5 Å². The molecule has 0 saturated heterocycles. The van der Waals surface area contributed by atoms with Crippen molar-refractivity contribution in [3.63, 3.8) is 0 Å². The SMILES string of the molecule is CC(C)(C)OC(=O)Nc1ccc(-c2nc(C(=O)O)cs2)cc1.CCOC(=O)c1csc(-c2ccc(N)cc2)n1.CCOC(=O)c1csc(-c2ccc([N+](=O)[O-])cc2)n1.NC(=O)c1ccc([N+](=O)[O-])cc1.NC(=S)c1ccc([N+](=O)[O-])cc1. The van der Waals surface area contributed by atoms with Gasteiger partial charge in [-0.05, 0) is 120 Å². The van der Waals surface area contributed by atoms with Crippen LogP contribution in [-0.4, -0.2) is 88.5 Å². The van der Waals surface area contributed by atoms with Crippen molar-refractivity contribution in [2.75, 3.05) is 24.3 Å². The molecule has 0 bridgehead atoms. The number of carboxylic acids is 1. The van der Waals surface area contributed by atoms with E-state index in [4.69, 9.17) is 36.5 Å². The van der Waals surface area contributed by atoms with E-state index >= 15 is 0 Å². The smallest absolute Gasteiger partial charge is 0.412 e. The summed E-state index contributed by atoms with van der Waals surface area (Å²) in [5, 5.41) is 49.2. The second-order valence-electron chi connectivity index (χ2n) is 16.8. The molecule has 0 fully saturated rings. The van der Waals surface area contributed by atoms with E-state index in [1.807, 2.05) is 12.1 Å². The third-order valence-electron chi connectivity index (χ3n) is 9.69. The molecule has 82 heavy (non-hydrogen) atoms. The molecule has 29 heteroatoms. The predicted molar refractivity (Wildman–Crippen MR) is 313 cm³/mol. The number of esters is 2. The summed E-state index contributed by atoms with van der Waals surface area (Å²) >= 11 is 8.63. The molecule has 0 saturated carbocycles. The number of carbonyl (C=O) groups is 5. The van der Waals surface area contributed by atoms with Gasteiger partial charge in [-0.1, -0.05) is 12.2 Å². The molecule has 0 aliphatic carbocycles. The quantitative estimate of drug-likeness (QED) is 0.0169. The lowest BCUT2D eigenvalue weighted by molar-refractivity contribution is -0.385. The van der Waals surface area contributed by atoms with E-state index in [0.717, 1.165) is 21.7 Å². The van der Waals surface area contributed by atoms with Crippen molar-refractivity contribution in [3.05, 3.63) is 196 Å². The van der Waals surface area contributed by atoms with Gasteiger partial charge in [-0.3, -0.25) is 40.5 Å². The summed E-state index contributed by atoms with van der Waals surface area (Å²) in [6, 6.07) is 31.2. The van der Waals surface area contributed by atoms with Crippen molar-refractivity contribution in [2.45, 2.75) is 40.2 Å². The first-order valence-corrected chi connectivity index (χ1v) is 26.6. The van der Waals surface area contributed by atoms with Gasteiger partial charge in [0.05, 0.1) is 28.0 Å². The van der Waals surface area contributed by atoms with Gasteiger partial charge < -0.3 is 36.5 Å². The lowest BCUT2D eigenvalue weighted by Crippen LogP contribution is -2.27. The minimum atomic E-state index is -1.05. The summed E-state index contributed by atoms with van der Waals surface area (Å²) < 4.78 is 14.9. The number of nitro groups is 3. The van der Waals surface area contributed by atoms with Gasteiger partial charge in [0.15, 0.2) is 17.1 Å². The molecule has 25 nitrogen and oxygen atoms in total. The summed E-state index contributed by atoms with van der Waals surface area (Å²) in [4.78, 5) is 98.0. The highest BCUT2D eigenvalue weighted by molar-refractivity contribution is 7.80. The largest absolute Gasteiger partial charge is 0.476 e. The number of benzene rings is 5. The number of aromatic carboxylic acids is 1. The molecule has 8 N–H and O–H groups in total. The van der Waals surface area contributed by atoms with Gasteiger partial charge in [0.1, 0.15) is 25.6 Å². The highest BCUT2D eigenvalue weighted by atomic mass is 32.1. The number of ether oxygens (including phenoxy) is 3. The van der Waals surface area contributed by atoms with Gasteiger partial charge in [-0.15, -0.1) is 34.0 Å². The lowest BCUT2D eigenvalue weighted by Gasteiger charge is -2.19. The number of non-ortho nitro benzene ring substituents is 3. The molecular formula is C53H50N10O15S4. The summed E-state index contributed by atoms with van der Waals surface area (Å²) in [6.45, 7) is 9.51. The van der Waals surface area contributed by atoms with E-state index in [0.29, 0.717) is 45.9 Å². The van der Waals surface area contributed by atoms with Crippen molar-refractivity contribution in [2.24, 2.45) is 11.5 Å².